The van der Waals surface area contributed by atoms with Gasteiger partial charge in [-0.05, 0) is 43.4 Å². The molecule has 0 unspecified atom stereocenters. The van der Waals surface area contributed by atoms with Crippen molar-refractivity contribution < 1.29 is 9.50 Å². The predicted molar refractivity (Wildman–Crippen MR) is 66.8 cm³/mol. The highest BCUT2D eigenvalue weighted by atomic mass is 19.1. The maximum absolute atomic E-state index is 12.7. The van der Waals surface area contributed by atoms with E-state index in [1.807, 2.05) is 12.2 Å². The summed E-state index contributed by atoms with van der Waals surface area (Å²) in [6.45, 7) is 0. The number of hydrogen-bond acceptors (Lipinski definition) is 2. The van der Waals surface area contributed by atoms with E-state index in [4.69, 9.17) is 5.73 Å². The lowest BCUT2D eigenvalue weighted by Gasteiger charge is -2.32. The second kappa shape index (κ2) is 4.98. The van der Waals surface area contributed by atoms with Gasteiger partial charge in [0, 0.05) is 5.54 Å². The smallest absolute Gasteiger partial charge is 0.123 e. The molecule has 0 aromatic heterocycles. The zero-order chi connectivity index (χ0) is 12.3. The SMILES string of the molecule is NC1(/C=C/c2ccc(F)cc2)CCC(O)CC1. The maximum Gasteiger partial charge on any atom is 0.123 e. The van der Waals surface area contributed by atoms with Gasteiger partial charge in [-0.2, -0.15) is 0 Å². The second-order valence-corrected chi connectivity index (χ2v) is 4.85. The Morgan fingerprint density at radius 1 is 1.24 bits per heavy atom. The van der Waals surface area contributed by atoms with Crippen molar-refractivity contribution in [2.75, 3.05) is 0 Å². The molecule has 0 amide bonds. The first-order chi connectivity index (χ1) is 8.07. The molecule has 0 radical (unpaired) electrons. The number of aliphatic hydroxyl groups is 1. The van der Waals surface area contributed by atoms with Crippen molar-refractivity contribution >= 4 is 6.08 Å². The molecule has 3 heteroatoms. The van der Waals surface area contributed by atoms with Gasteiger partial charge in [-0.3, -0.25) is 0 Å². The van der Waals surface area contributed by atoms with Gasteiger partial charge in [-0.25, -0.2) is 4.39 Å². The standard InChI is InChI=1S/C14H18FNO/c15-12-3-1-11(2-4-12)5-8-14(16)9-6-13(17)7-10-14/h1-5,8,13,17H,6-7,9-10,16H2/b8-5+. The van der Waals surface area contributed by atoms with E-state index in [0.717, 1.165) is 31.2 Å². The minimum Gasteiger partial charge on any atom is -0.393 e. The summed E-state index contributed by atoms with van der Waals surface area (Å²) in [7, 11) is 0. The Morgan fingerprint density at radius 3 is 2.41 bits per heavy atom. The van der Waals surface area contributed by atoms with Gasteiger partial charge in [-0.1, -0.05) is 24.3 Å². The molecule has 1 aliphatic rings. The summed E-state index contributed by atoms with van der Waals surface area (Å²) in [6.07, 6.45) is 6.81. The van der Waals surface area contributed by atoms with Crippen LogP contribution in [0.1, 0.15) is 31.2 Å². The molecule has 0 spiro atoms. The van der Waals surface area contributed by atoms with E-state index < -0.39 is 0 Å². The maximum atomic E-state index is 12.7. The molecular formula is C14H18FNO. The van der Waals surface area contributed by atoms with E-state index >= 15 is 0 Å². The molecule has 3 N–H and O–H groups in total. The summed E-state index contributed by atoms with van der Waals surface area (Å²) in [5.74, 6) is -0.231. The highest BCUT2D eigenvalue weighted by Gasteiger charge is 2.28. The minimum absolute atomic E-state index is 0.203. The van der Waals surface area contributed by atoms with E-state index in [1.54, 1.807) is 12.1 Å². The highest BCUT2D eigenvalue weighted by Crippen LogP contribution is 2.28. The number of halogens is 1. The van der Waals surface area contributed by atoms with E-state index in [1.165, 1.54) is 12.1 Å². The van der Waals surface area contributed by atoms with Crippen LogP contribution >= 0.6 is 0 Å². The lowest BCUT2D eigenvalue weighted by molar-refractivity contribution is 0.110. The molecule has 0 saturated heterocycles. The number of rotatable bonds is 2. The van der Waals surface area contributed by atoms with Crippen molar-refractivity contribution in [2.24, 2.45) is 5.73 Å². The zero-order valence-corrected chi connectivity index (χ0v) is 9.77. The van der Waals surface area contributed by atoms with Crippen LogP contribution in [0.25, 0.3) is 6.08 Å². The number of nitrogens with two attached hydrogens (primary N) is 1. The third-order valence-corrected chi connectivity index (χ3v) is 3.36. The van der Waals surface area contributed by atoms with Crippen molar-refractivity contribution in [3.05, 3.63) is 41.7 Å². The first kappa shape index (κ1) is 12.3. The molecule has 1 fully saturated rings. The van der Waals surface area contributed by atoms with Crippen LogP contribution in [0.2, 0.25) is 0 Å². The average Bonchev–Trinajstić information content (AvgIpc) is 2.33. The van der Waals surface area contributed by atoms with Gasteiger partial charge in [0.05, 0.1) is 6.10 Å². The molecule has 1 aromatic carbocycles. The molecule has 2 rings (SSSR count). The van der Waals surface area contributed by atoms with Crippen LogP contribution in [-0.4, -0.2) is 16.7 Å². The topological polar surface area (TPSA) is 46.2 Å². The quantitative estimate of drug-likeness (QED) is 0.827. The Labute approximate surface area is 101 Å². The van der Waals surface area contributed by atoms with Crippen LogP contribution in [0.5, 0.6) is 0 Å². The van der Waals surface area contributed by atoms with Gasteiger partial charge >= 0.3 is 0 Å². The second-order valence-electron chi connectivity index (χ2n) is 4.85. The van der Waals surface area contributed by atoms with Crippen molar-refractivity contribution in [1.29, 1.82) is 0 Å². The molecule has 1 saturated carbocycles. The third-order valence-electron chi connectivity index (χ3n) is 3.36. The Bertz CT molecular complexity index is 391. The van der Waals surface area contributed by atoms with Gasteiger partial charge in [-0.15, -0.1) is 0 Å². The van der Waals surface area contributed by atoms with Crippen molar-refractivity contribution in [3.8, 4) is 0 Å². The summed E-state index contributed by atoms with van der Waals surface area (Å²) in [6, 6.07) is 6.33. The van der Waals surface area contributed by atoms with Gasteiger partial charge in [0.1, 0.15) is 5.82 Å². The summed E-state index contributed by atoms with van der Waals surface area (Å²) in [5.41, 5.74) is 6.85. The van der Waals surface area contributed by atoms with Crippen LogP contribution in [0.4, 0.5) is 4.39 Å². The van der Waals surface area contributed by atoms with E-state index in [-0.39, 0.29) is 17.5 Å². The van der Waals surface area contributed by atoms with Crippen LogP contribution in [0.15, 0.2) is 30.3 Å². The zero-order valence-electron chi connectivity index (χ0n) is 9.77. The average molecular weight is 235 g/mol. The number of benzene rings is 1. The first-order valence-corrected chi connectivity index (χ1v) is 5.99. The minimum atomic E-state index is -0.326. The predicted octanol–water partition coefficient (Wildman–Crippen LogP) is 2.47. The summed E-state index contributed by atoms with van der Waals surface area (Å²) < 4.78 is 12.7. The van der Waals surface area contributed by atoms with Crippen molar-refractivity contribution in [1.82, 2.24) is 0 Å². The van der Waals surface area contributed by atoms with Crippen molar-refractivity contribution in [2.45, 2.75) is 37.3 Å². The molecule has 1 aliphatic carbocycles. The Kier molecular flexibility index (Phi) is 3.60. The third kappa shape index (κ3) is 3.38. The molecule has 0 bridgehead atoms. The van der Waals surface area contributed by atoms with E-state index in [2.05, 4.69) is 0 Å². The fourth-order valence-electron chi connectivity index (χ4n) is 2.14. The lowest BCUT2D eigenvalue weighted by Crippen LogP contribution is -2.42. The molecule has 0 aliphatic heterocycles. The molecule has 2 nitrogen and oxygen atoms in total. The molecule has 1 aromatic rings. The Balaban J connectivity index is 2.02. The summed E-state index contributed by atoms with van der Waals surface area (Å²) in [4.78, 5) is 0. The van der Waals surface area contributed by atoms with Gasteiger partial charge < -0.3 is 10.8 Å². The largest absolute Gasteiger partial charge is 0.393 e. The van der Waals surface area contributed by atoms with Gasteiger partial charge in [0.2, 0.25) is 0 Å². The van der Waals surface area contributed by atoms with Crippen LogP contribution < -0.4 is 5.73 Å². The summed E-state index contributed by atoms with van der Waals surface area (Å²) in [5, 5.41) is 9.44. The molecular weight excluding hydrogens is 217 g/mol. The van der Waals surface area contributed by atoms with Gasteiger partial charge in [0.15, 0.2) is 0 Å². The highest BCUT2D eigenvalue weighted by molar-refractivity contribution is 5.50. The molecule has 17 heavy (non-hydrogen) atoms. The van der Waals surface area contributed by atoms with Crippen LogP contribution in [-0.2, 0) is 0 Å². The normalized spacial score (nSPS) is 29.7. The molecule has 0 atom stereocenters. The summed E-state index contributed by atoms with van der Waals surface area (Å²) >= 11 is 0. The van der Waals surface area contributed by atoms with Crippen LogP contribution in [0.3, 0.4) is 0 Å². The Hall–Kier alpha value is -1.19. The number of hydrogen-bond donors (Lipinski definition) is 2. The first-order valence-electron chi connectivity index (χ1n) is 5.99. The van der Waals surface area contributed by atoms with E-state index in [0.29, 0.717) is 0 Å². The van der Waals surface area contributed by atoms with Crippen LogP contribution in [0, 0.1) is 5.82 Å². The van der Waals surface area contributed by atoms with E-state index in [9.17, 15) is 9.50 Å². The lowest BCUT2D eigenvalue weighted by atomic mass is 9.81. The fourth-order valence-corrected chi connectivity index (χ4v) is 2.14. The monoisotopic (exact) mass is 235 g/mol. The Morgan fingerprint density at radius 2 is 1.82 bits per heavy atom. The molecule has 0 heterocycles. The van der Waals surface area contributed by atoms with Crippen molar-refractivity contribution in [3.63, 3.8) is 0 Å². The molecule has 92 valence electrons. The number of aliphatic hydroxyl groups excluding tert-OH is 1. The fraction of sp³-hybridized carbons (Fsp3) is 0.429. The van der Waals surface area contributed by atoms with Gasteiger partial charge in [0.25, 0.3) is 0 Å².